The number of carboxylic acid groups (broad SMARTS) is 1. The molecule has 0 aromatic heterocycles. The summed E-state index contributed by atoms with van der Waals surface area (Å²) in [4.78, 5) is 35.3. The summed E-state index contributed by atoms with van der Waals surface area (Å²) in [5.41, 5.74) is -1.39. The van der Waals surface area contributed by atoms with Crippen molar-refractivity contribution in [3.8, 4) is 5.75 Å². The van der Waals surface area contributed by atoms with Gasteiger partial charge in [0, 0.05) is 12.8 Å². The van der Waals surface area contributed by atoms with E-state index in [9.17, 15) is 24.6 Å². The van der Waals surface area contributed by atoms with Crippen molar-refractivity contribution in [2.75, 3.05) is 5.32 Å². The van der Waals surface area contributed by atoms with E-state index in [1.165, 1.54) is 18.2 Å². The molecule has 25 heavy (non-hydrogen) atoms. The molecule has 136 valence electrons. The number of phenols is 1. The zero-order chi connectivity index (χ0) is 18.8. The van der Waals surface area contributed by atoms with E-state index in [0.29, 0.717) is 5.56 Å². The summed E-state index contributed by atoms with van der Waals surface area (Å²) in [6.07, 6.45) is 0.0303. The number of amides is 1. The van der Waals surface area contributed by atoms with Crippen LogP contribution in [0.1, 0.15) is 52.0 Å². The second-order valence-corrected chi connectivity index (χ2v) is 7.28. The van der Waals surface area contributed by atoms with Crippen LogP contribution in [0.5, 0.6) is 5.75 Å². The minimum absolute atomic E-state index is 0.0442. The van der Waals surface area contributed by atoms with Gasteiger partial charge < -0.3 is 14.9 Å². The van der Waals surface area contributed by atoms with Gasteiger partial charge in [-0.2, -0.15) is 0 Å². The number of phenolic OH excluding ortho intramolecular Hbond substituents is 1. The Labute approximate surface area is 146 Å². The molecule has 1 fully saturated rings. The standard InChI is InChI=1S/C18H23NO6/c1-17(2,3)25-16(24)19-13-10-11(4-5-14(13)21)18(15(22)23)8-6-12(20)7-9-18/h4-5,10,21H,6-9H2,1-3H3,(H,19,24)(H,22,23). The van der Waals surface area contributed by atoms with E-state index < -0.39 is 23.1 Å². The summed E-state index contributed by atoms with van der Waals surface area (Å²) in [5.74, 6) is -1.17. The van der Waals surface area contributed by atoms with Crippen LogP contribution in [0, 0.1) is 0 Å². The highest BCUT2D eigenvalue weighted by Gasteiger charge is 2.43. The molecule has 3 N–H and O–H groups in total. The van der Waals surface area contributed by atoms with Crippen molar-refractivity contribution in [3.63, 3.8) is 0 Å². The fraction of sp³-hybridized carbons (Fsp3) is 0.500. The predicted octanol–water partition coefficient (Wildman–Crippen LogP) is 3.20. The number of anilines is 1. The lowest BCUT2D eigenvalue weighted by molar-refractivity contribution is -0.146. The molecule has 1 aliphatic rings. The third-order valence-corrected chi connectivity index (χ3v) is 4.26. The second-order valence-electron chi connectivity index (χ2n) is 7.28. The average molecular weight is 349 g/mol. The number of nitrogens with one attached hydrogen (secondary N) is 1. The first-order valence-corrected chi connectivity index (χ1v) is 8.12. The molecule has 0 bridgehead atoms. The minimum atomic E-state index is -1.20. The zero-order valence-corrected chi connectivity index (χ0v) is 14.6. The van der Waals surface area contributed by atoms with Crippen LogP contribution in [0.25, 0.3) is 0 Å². The normalized spacial score (nSPS) is 17.0. The monoisotopic (exact) mass is 349 g/mol. The first-order chi connectivity index (χ1) is 11.5. The van der Waals surface area contributed by atoms with Crippen molar-refractivity contribution in [2.45, 2.75) is 57.5 Å². The van der Waals surface area contributed by atoms with E-state index in [-0.39, 0.29) is 42.9 Å². The lowest BCUT2D eigenvalue weighted by Crippen LogP contribution is -2.39. The van der Waals surface area contributed by atoms with Crippen LogP contribution in [0.15, 0.2) is 18.2 Å². The smallest absolute Gasteiger partial charge is 0.412 e. The lowest BCUT2D eigenvalue weighted by atomic mass is 9.69. The Morgan fingerprint density at radius 1 is 1.20 bits per heavy atom. The van der Waals surface area contributed by atoms with Gasteiger partial charge >= 0.3 is 12.1 Å². The van der Waals surface area contributed by atoms with Crippen LogP contribution < -0.4 is 5.32 Å². The van der Waals surface area contributed by atoms with Crippen LogP contribution >= 0.6 is 0 Å². The van der Waals surface area contributed by atoms with Crippen LogP contribution in [0.4, 0.5) is 10.5 Å². The molecule has 0 aliphatic heterocycles. The molecule has 7 heteroatoms. The number of carbonyl (C=O) groups is 3. The van der Waals surface area contributed by atoms with Gasteiger partial charge in [0.25, 0.3) is 0 Å². The molecule has 0 heterocycles. The average Bonchev–Trinajstić information content (AvgIpc) is 2.48. The summed E-state index contributed by atoms with van der Waals surface area (Å²) in [6, 6.07) is 4.28. The molecule has 0 unspecified atom stereocenters. The molecular formula is C18H23NO6. The first-order valence-electron chi connectivity index (χ1n) is 8.12. The highest BCUT2D eigenvalue weighted by molar-refractivity contribution is 5.90. The van der Waals surface area contributed by atoms with Crippen molar-refractivity contribution in [1.29, 1.82) is 0 Å². The Hall–Kier alpha value is -2.57. The van der Waals surface area contributed by atoms with Crippen LogP contribution in [-0.2, 0) is 19.7 Å². The largest absolute Gasteiger partial charge is 0.506 e. The van der Waals surface area contributed by atoms with Gasteiger partial charge in [-0.15, -0.1) is 0 Å². The van der Waals surface area contributed by atoms with Crippen molar-refractivity contribution in [2.24, 2.45) is 0 Å². The van der Waals surface area contributed by atoms with Crippen molar-refractivity contribution < 1.29 is 29.3 Å². The van der Waals surface area contributed by atoms with Crippen molar-refractivity contribution >= 4 is 23.5 Å². The van der Waals surface area contributed by atoms with Crippen LogP contribution in [0.3, 0.4) is 0 Å². The van der Waals surface area contributed by atoms with Crippen molar-refractivity contribution in [3.05, 3.63) is 23.8 Å². The summed E-state index contributed by atoms with van der Waals surface area (Å²) < 4.78 is 5.15. The van der Waals surface area contributed by atoms with Gasteiger partial charge in [-0.3, -0.25) is 14.9 Å². The fourth-order valence-electron chi connectivity index (χ4n) is 2.93. The highest BCUT2D eigenvalue weighted by atomic mass is 16.6. The summed E-state index contributed by atoms with van der Waals surface area (Å²) in [6.45, 7) is 5.13. The molecular weight excluding hydrogens is 326 g/mol. The number of aromatic hydroxyl groups is 1. The highest BCUT2D eigenvalue weighted by Crippen LogP contribution is 2.41. The number of ether oxygens (including phenoxy) is 1. The van der Waals surface area contributed by atoms with Crippen LogP contribution in [0.2, 0.25) is 0 Å². The number of hydrogen-bond acceptors (Lipinski definition) is 5. The summed E-state index contributed by atoms with van der Waals surface area (Å²) in [7, 11) is 0. The van der Waals surface area contributed by atoms with E-state index >= 15 is 0 Å². The first kappa shape index (κ1) is 18.8. The van der Waals surface area contributed by atoms with Gasteiger partial charge in [-0.25, -0.2) is 4.79 Å². The maximum Gasteiger partial charge on any atom is 0.412 e. The second kappa shape index (κ2) is 6.74. The Bertz CT molecular complexity index is 694. The SMILES string of the molecule is CC(C)(C)OC(=O)Nc1cc(C2(C(=O)O)CCC(=O)CC2)ccc1O. The van der Waals surface area contributed by atoms with Gasteiger partial charge in [0.15, 0.2) is 0 Å². The number of hydrogen-bond donors (Lipinski definition) is 3. The summed E-state index contributed by atoms with van der Waals surface area (Å²) >= 11 is 0. The predicted molar refractivity (Wildman–Crippen MR) is 90.8 cm³/mol. The van der Waals surface area contributed by atoms with E-state index in [2.05, 4.69) is 5.32 Å². The molecule has 1 amide bonds. The number of carboxylic acids is 1. The van der Waals surface area contributed by atoms with E-state index in [1.54, 1.807) is 20.8 Å². The molecule has 1 aromatic rings. The number of aliphatic carboxylic acids is 1. The maximum absolute atomic E-state index is 11.9. The topological polar surface area (TPSA) is 113 Å². The number of ketones is 1. The zero-order valence-electron chi connectivity index (χ0n) is 14.6. The molecule has 7 nitrogen and oxygen atoms in total. The minimum Gasteiger partial charge on any atom is -0.506 e. The number of rotatable bonds is 3. The molecule has 0 saturated heterocycles. The quantitative estimate of drug-likeness (QED) is 0.722. The number of Topliss-reactive ketones (excluding diaryl/α,β-unsaturated/α-hetero) is 1. The Balaban J connectivity index is 2.32. The molecule has 1 aliphatic carbocycles. The van der Waals surface area contributed by atoms with Crippen molar-refractivity contribution in [1.82, 2.24) is 0 Å². The van der Waals surface area contributed by atoms with E-state index in [4.69, 9.17) is 4.74 Å². The third kappa shape index (κ3) is 4.29. The van der Waals surface area contributed by atoms with E-state index in [0.717, 1.165) is 0 Å². The maximum atomic E-state index is 11.9. The molecule has 1 aromatic carbocycles. The summed E-state index contributed by atoms with van der Waals surface area (Å²) in [5, 5.41) is 22.2. The van der Waals surface area contributed by atoms with Gasteiger partial charge in [0.2, 0.25) is 0 Å². The molecule has 0 atom stereocenters. The number of benzene rings is 1. The molecule has 0 spiro atoms. The fourth-order valence-corrected chi connectivity index (χ4v) is 2.93. The van der Waals surface area contributed by atoms with Gasteiger partial charge in [0.05, 0.1) is 11.1 Å². The Morgan fingerprint density at radius 3 is 2.32 bits per heavy atom. The molecule has 0 radical (unpaired) electrons. The Morgan fingerprint density at radius 2 is 1.80 bits per heavy atom. The Kier molecular flexibility index (Phi) is 5.06. The van der Waals surface area contributed by atoms with Gasteiger partial charge in [0.1, 0.15) is 17.1 Å². The van der Waals surface area contributed by atoms with Gasteiger partial charge in [-0.1, -0.05) is 6.07 Å². The molecule has 2 rings (SSSR count). The number of carbonyl (C=O) groups excluding carboxylic acids is 2. The molecule has 1 saturated carbocycles. The van der Waals surface area contributed by atoms with E-state index in [1.807, 2.05) is 0 Å². The van der Waals surface area contributed by atoms with Crippen LogP contribution in [-0.4, -0.2) is 33.7 Å². The third-order valence-electron chi connectivity index (χ3n) is 4.26. The van der Waals surface area contributed by atoms with Gasteiger partial charge in [-0.05, 0) is 51.3 Å². The lowest BCUT2D eigenvalue weighted by Gasteiger charge is -2.33.